The highest BCUT2D eigenvalue weighted by atomic mass is 127. The molecule has 0 bridgehead atoms. The van der Waals surface area contributed by atoms with E-state index in [9.17, 15) is 13.2 Å². The number of aryl methyl sites for hydroxylation is 2. The molecule has 0 heterocycles. The molecule has 0 saturated heterocycles. The molecule has 0 unspecified atom stereocenters. The molecule has 72 valence electrons. The van der Waals surface area contributed by atoms with Crippen molar-refractivity contribution < 1.29 is 13.2 Å². The van der Waals surface area contributed by atoms with Gasteiger partial charge in [-0.25, -0.2) is 0 Å². The Balaban J connectivity index is 3.38. The molecule has 0 fully saturated rings. The molecule has 0 aliphatic heterocycles. The van der Waals surface area contributed by atoms with E-state index < -0.39 is 11.7 Å². The summed E-state index contributed by atoms with van der Waals surface area (Å²) in [5.74, 6) is 0. The van der Waals surface area contributed by atoms with Gasteiger partial charge in [0, 0.05) is 3.57 Å². The van der Waals surface area contributed by atoms with Crippen LogP contribution in [0.4, 0.5) is 13.2 Å². The van der Waals surface area contributed by atoms with Crippen LogP contribution in [-0.4, -0.2) is 0 Å². The zero-order valence-electron chi connectivity index (χ0n) is 7.17. The van der Waals surface area contributed by atoms with Crippen LogP contribution in [0.1, 0.15) is 16.7 Å². The zero-order chi connectivity index (χ0) is 10.2. The summed E-state index contributed by atoms with van der Waals surface area (Å²) in [6.07, 6.45) is -4.24. The minimum atomic E-state index is -4.24. The quantitative estimate of drug-likeness (QED) is 0.637. The molecule has 0 aromatic heterocycles. The predicted octanol–water partition coefficient (Wildman–Crippen LogP) is 3.93. The topological polar surface area (TPSA) is 0 Å². The van der Waals surface area contributed by atoms with Gasteiger partial charge in [0.15, 0.2) is 0 Å². The van der Waals surface area contributed by atoms with Crippen molar-refractivity contribution in [1.29, 1.82) is 0 Å². The van der Waals surface area contributed by atoms with Crippen molar-refractivity contribution in [2.75, 3.05) is 0 Å². The van der Waals surface area contributed by atoms with Crippen LogP contribution in [0.5, 0.6) is 0 Å². The molecule has 1 aromatic rings. The first-order chi connectivity index (χ1) is 5.82. The molecule has 0 aliphatic rings. The maximum absolute atomic E-state index is 12.4. The molecule has 0 spiro atoms. The van der Waals surface area contributed by atoms with Gasteiger partial charge >= 0.3 is 6.18 Å². The lowest BCUT2D eigenvalue weighted by Crippen LogP contribution is -2.10. The van der Waals surface area contributed by atoms with Crippen molar-refractivity contribution >= 4 is 22.6 Å². The number of hydrogen-bond acceptors (Lipinski definition) is 0. The molecule has 0 amide bonds. The van der Waals surface area contributed by atoms with E-state index in [4.69, 9.17) is 0 Å². The third-order valence-corrected chi connectivity index (χ3v) is 2.57. The minimum Gasteiger partial charge on any atom is -0.166 e. The summed E-state index contributed by atoms with van der Waals surface area (Å²) in [4.78, 5) is 0. The van der Waals surface area contributed by atoms with Gasteiger partial charge in [-0.1, -0.05) is 6.07 Å². The molecule has 0 N–H and O–H groups in total. The van der Waals surface area contributed by atoms with Crippen LogP contribution >= 0.6 is 22.6 Å². The number of hydrogen-bond donors (Lipinski definition) is 0. The Morgan fingerprint density at radius 3 is 2.08 bits per heavy atom. The summed E-state index contributed by atoms with van der Waals surface area (Å²) in [5, 5.41) is 0. The lowest BCUT2D eigenvalue weighted by Gasteiger charge is -2.12. The summed E-state index contributed by atoms with van der Waals surface area (Å²) in [6.45, 7) is 3.27. The Kier molecular flexibility index (Phi) is 2.89. The van der Waals surface area contributed by atoms with Gasteiger partial charge in [-0.15, -0.1) is 0 Å². The smallest absolute Gasteiger partial charge is 0.166 e. The monoisotopic (exact) mass is 300 g/mol. The van der Waals surface area contributed by atoms with Crippen LogP contribution < -0.4 is 0 Å². The Morgan fingerprint density at radius 2 is 1.69 bits per heavy atom. The number of halogens is 4. The van der Waals surface area contributed by atoms with E-state index in [-0.39, 0.29) is 9.13 Å². The first kappa shape index (κ1) is 10.8. The molecular weight excluding hydrogens is 292 g/mol. The second-order valence-corrected chi connectivity index (χ2v) is 4.10. The second-order valence-electron chi connectivity index (χ2n) is 2.94. The summed E-state index contributed by atoms with van der Waals surface area (Å²) in [7, 11) is 0. The van der Waals surface area contributed by atoms with E-state index in [1.165, 1.54) is 13.0 Å². The SMILES string of the molecule is Cc1cc(C)c(C(F)(F)F)c(I)c1. The molecule has 0 saturated carbocycles. The molecule has 0 aliphatic carbocycles. The molecule has 1 aromatic carbocycles. The van der Waals surface area contributed by atoms with Crippen molar-refractivity contribution in [1.82, 2.24) is 0 Å². The van der Waals surface area contributed by atoms with Gasteiger partial charge in [-0.2, -0.15) is 13.2 Å². The average Bonchev–Trinajstić information content (AvgIpc) is 1.78. The highest BCUT2D eigenvalue weighted by Crippen LogP contribution is 2.35. The summed E-state index contributed by atoms with van der Waals surface area (Å²) in [5.41, 5.74) is 0.630. The first-order valence-corrected chi connectivity index (χ1v) is 4.74. The van der Waals surface area contributed by atoms with Gasteiger partial charge in [0.05, 0.1) is 5.56 Å². The summed E-state index contributed by atoms with van der Waals surface area (Å²) >= 11 is 1.72. The lowest BCUT2D eigenvalue weighted by molar-refractivity contribution is -0.138. The van der Waals surface area contributed by atoms with Crippen molar-refractivity contribution in [3.05, 3.63) is 32.4 Å². The highest BCUT2D eigenvalue weighted by molar-refractivity contribution is 14.1. The highest BCUT2D eigenvalue weighted by Gasteiger charge is 2.34. The van der Waals surface area contributed by atoms with Crippen LogP contribution in [-0.2, 0) is 6.18 Å². The van der Waals surface area contributed by atoms with Crippen molar-refractivity contribution in [2.45, 2.75) is 20.0 Å². The normalized spacial score (nSPS) is 11.8. The second kappa shape index (κ2) is 3.48. The van der Waals surface area contributed by atoms with Gasteiger partial charge in [0.1, 0.15) is 0 Å². The van der Waals surface area contributed by atoms with E-state index in [0.29, 0.717) is 0 Å². The van der Waals surface area contributed by atoms with E-state index in [1.807, 2.05) is 0 Å². The van der Waals surface area contributed by atoms with Gasteiger partial charge in [0.25, 0.3) is 0 Å². The van der Waals surface area contributed by atoms with E-state index in [0.717, 1.165) is 5.56 Å². The maximum Gasteiger partial charge on any atom is 0.417 e. The Bertz CT molecular complexity index is 305. The predicted molar refractivity (Wildman–Crippen MR) is 53.6 cm³/mol. The fourth-order valence-electron chi connectivity index (χ4n) is 1.27. The van der Waals surface area contributed by atoms with Crippen LogP contribution in [0, 0.1) is 17.4 Å². The lowest BCUT2D eigenvalue weighted by atomic mass is 10.1. The van der Waals surface area contributed by atoms with Gasteiger partial charge in [-0.05, 0) is 53.6 Å². The molecule has 4 heteroatoms. The van der Waals surface area contributed by atoms with Crippen LogP contribution in [0.2, 0.25) is 0 Å². The largest absolute Gasteiger partial charge is 0.417 e. The molecule has 0 radical (unpaired) electrons. The van der Waals surface area contributed by atoms with Gasteiger partial charge < -0.3 is 0 Å². The van der Waals surface area contributed by atoms with Crippen molar-refractivity contribution in [3.63, 3.8) is 0 Å². The zero-order valence-corrected chi connectivity index (χ0v) is 9.32. The molecule has 13 heavy (non-hydrogen) atoms. The van der Waals surface area contributed by atoms with Gasteiger partial charge in [0.2, 0.25) is 0 Å². The number of rotatable bonds is 0. The average molecular weight is 300 g/mol. The molecular formula is C9H8F3I. The standard InChI is InChI=1S/C9H8F3I/c1-5-3-6(2)8(7(13)4-5)9(10,11)12/h3-4H,1-2H3. The minimum absolute atomic E-state index is 0.266. The van der Waals surface area contributed by atoms with Crippen molar-refractivity contribution in [2.24, 2.45) is 0 Å². The van der Waals surface area contributed by atoms with E-state index in [2.05, 4.69) is 0 Å². The van der Waals surface area contributed by atoms with Gasteiger partial charge in [-0.3, -0.25) is 0 Å². The number of alkyl halides is 3. The third-order valence-electron chi connectivity index (χ3n) is 1.72. The fourth-order valence-corrected chi connectivity index (χ4v) is 2.50. The summed E-state index contributed by atoms with van der Waals surface area (Å²) in [6, 6.07) is 3.08. The molecule has 1 rings (SSSR count). The first-order valence-electron chi connectivity index (χ1n) is 3.66. The Labute approximate surface area is 88.3 Å². The maximum atomic E-state index is 12.4. The molecule has 0 atom stereocenters. The Hall–Kier alpha value is -0.260. The third kappa shape index (κ3) is 2.36. The van der Waals surface area contributed by atoms with Crippen LogP contribution in [0.3, 0.4) is 0 Å². The Morgan fingerprint density at radius 1 is 1.15 bits per heavy atom. The van der Waals surface area contributed by atoms with Crippen LogP contribution in [0.15, 0.2) is 12.1 Å². The van der Waals surface area contributed by atoms with E-state index >= 15 is 0 Å². The molecule has 0 nitrogen and oxygen atoms in total. The fraction of sp³-hybridized carbons (Fsp3) is 0.333. The summed E-state index contributed by atoms with van der Waals surface area (Å²) < 4.78 is 37.6. The number of benzene rings is 1. The van der Waals surface area contributed by atoms with E-state index in [1.54, 1.807) is 35.6 Å². The van der Waals surface area contributed by atoms with Crippen LogP contribution in [0.25, 0.3) is 0 Å². The van der Waals surface area contributed by atoms with Crippen molar-refractivity contribution in [3.8, 4) is 0 Å².